The van der Waals surface area contributed by atoms with Crippen LogP contribution >= 0.6 is 0 Å². The molecule has 5 aromatic rings. The largest absolute Gasteiger partial charge is 0.494 e. The molecule has 1 heterocycles. The standard InChI is InChI=1S/C44H49BO2/c1-41(2,3)38-20-12-17-32(27-38)36-24-35(25-37(26-36)33-18-13-21-39(28-33)42(4,5)6)31-16-11-15-30(23-31)34-19-14-22-40(29-34)45-46-43(7,8)44(9,10)47-45/h11-29H,1-10H3. The minimum atomic E-state index is -0.393. The van der Waals surface area contributed by atoms with E-state index in [1.165, 1.54) is 44.5 Å². The molecule has 1 aliphatic rings. The number of benzene rings is 5. The minimum absolute atomic E-state index is 0.0699. The Labute approximate surface area is 283 Å². The molecule has 0 bridgehead atoms. The summed E-state index contributed by atoms with van der Waals surface area (Å²) in [5, 5.41) is 0. The number of hydrogen-bond donors (Lipinski definition) is 0. The van der Waals surface area contributed by atoms with Crippen molar-refractivity contribution in [3.05, 3.63) is 126 Å². The normalized spacial score (nSPS) is 16.0. The van der Waals surface area contributed by atoms with Crippen molar-refractivity contribution in [2.24, 2.45) is 0 Å². The summed E-state index contributed by atoms with van der Waals surface area (Å²) < 4.78 is 12.8. The topological polar surface area (TPSA) is 18.5 Å². The Morgan fingerprint density at radius 2 is 0.723 bits per heavy atom. The second-order valence-corrected chi connectivity index (χ2v) is 16.3. The van der Waals surface area contributed by atoms with Crippen molar-refractivity contribution < 1.29 is 9.31 Å². The van der Waals surface area contributed by atoms with Gasteiger partial charge in [-0.3, -0.25) is 0 Å². The van der Waals surface area contributed by atoms with Crippen LogP contribution < -0.4 is 5.46 Å². The molecule has 2 nitrogen and oxygen atoms in total. The van der Waals surface area contributed by atoms with E-state index in [0.717, 1.165) is 16.6 Å². The molecule has 0 atom stereocenters. The van der Waals surface area contributed by atoms with E-state index in [0.29, 0.717) is 0 Å². The summed E-state index contributed by atoms with van der Waals surface area (Å²) in [6.07, 6.45) is 0. The molecular weight excluding hydrogens is 571 g/mol. The van der Waals surface area contributed by atoms with E-state index in [4.69, 9.17) is 9.31 Å². The molecule has 0 aromatic heterocycles. The summed E-state index contributed by atoms with van der Waals surface area (Å²) in [4.78, 5) is 0. The van der Waals surface area contributed by atoms with Crippen molar-refractivity contribution in [3.8, 4) is 44.5 Å². The van der Waals surface area contributed by atoms with E-state index < -0.39 is 7.12 Å². The lowest BCUT2D eigenvalue weighted by Crippen LogP contribution is -2.41. The zero-order valence-corrected chi connectivity index (χ0v) is 29.9. The maximum Gasteiger partial charge on any atom is 0.494 e. The molecule has 0 unspecified atom stereocenters. The summed E-state index contributed by atoms with van der Waals surface area (Å²) >= 11 is 0. The Hall–Kier alpha value is -3.92. The van der Waals surface area contributed by atoms with E-state index in [1.54, 1.807) is 0 Å². The Kier molecular flexibility index (Phi) is 8.39. The molecule has 0 aliphatic carbocycles. The molecule has 0 radical (unpaired) electrons. The predicted octanol–water partition coefficient (Wildman–Crippen LogP) is 11.2. The Bertz CT molecular complexity index is 1830. The molecule has 0 amide bonds. The fourth-order valence-electron chi connectivity index (χ4n) is 6.18. The molecule has 1 aliphatic heterocycles. The Balaban J connectivity index is 1.44. The zero-order valence-electron chi connectivity index (χ0n) is 29.9. The van der Waals surface area contributed by atoms with Crippen molar-refractivity contribution in [1.82, 2.24) is 0 Å². The molecule has 47 heavy (non-hydrogen) atoms. The van der Waals surface area contributed by atoms with Crippen molar-refractivity contribution in [2.75, 3.05) is 0 Å². The predicted molar refractivity (Wildman–Crippen MR) is 201 cm³/mol. The summed E-state index contributed by atoms with van der Waals surface area (Å²) in [6, 6.07) is 42.6. The maximum absolute atomic E-state index is 6.38. The van der Waals surface area contributed by atoms with Crippen LogP contribution in [0.2, 0.25) is 0 Å². The highest BCUT2D eigenvalue weighted by Gasteiger charge is 2.51. The monoisotopic (exact) mass is 620 g/mol. The van der Waals surface area contributed by atoms with Gasteiger partial charge in [-0.15, -0.1) is 0 Å². The van der Waals surface area contributed by atoms with Crippen LogP contribution in [0.5, 0.6) is 0 Å². The van der Waals surface area contributed by atoms with E-state index in [9.17, 15) is 0 Å². The summed E-state index contributed by atoms with van der Waals surface area (Å²) in [7, 11) is -0.393. The van der Waals surface area contributed by atoms with Gasteiger partial charge in [-0.2, -0.15) is 0 Å². The van der Waals surface area contributed by atoms with E-state index in [2.05, 4.69) is 184 Å². The Morgan fingerprint density at radius 3 is 1.15 bits per heavy atom. The van der Waals surface area contributed by atoms with Crippen molar-refractivity contribution >= 4 is 12.6 Å². The van der Waals surface area contributed by atoms with Crippen LogP contribution in [0, 0.1) is 0 Å². The third-order valence-electron chi connectivity index (χ3n) is 10.00. The fourth-order valence-corrected chi connectivity index (χ4v) is 6.18. The van der Waals surface area contributed by atoms with Crippen LogP contribution in [0.15, 0.2) is 115 Å². The van der Waals surface area contributed by atoms with E-state index >= 15 is 0 Å². The van der Waals surface area contributed by atoms with Gasteiger partial charge in [-0.1, -0.05) is 133 Å². The van der Waals surface area contributed by atoms with Gasteiger partial charge in [-0.25, -0.2) is 0 Å². The quantitative estimate of drug-likeness (QED) is 0.182. The van der Waals surface area contributed by atoms with Crippen molar-refractivity contribution in [2.45, 2.75) is 91.3 Å². The molecule has 1 saturated heterocycles. The van der Waals surface area contributed by atoms with Crippen LogP contribution in [-0.2, 0) is 20.1 Å². The van der Waals surface area contributed by atoms with Gasteiger partial charge < -0.3 is 9.31 Å². The Morgan fingerprint density at radius 1 is 0.404 bits per heavy atom. The average molecular weight is 621 g/mol. The van der Waals surface area contributed by atoms with Gasteiger partial charge in [0.2, 0.25) is 0 Å². The SMILES string of the molecule is CC(C)(C)c1cccc(-c2cc(-c3cccc(-c4cccc(B5OC(C)(C)C(C)(C)O5)c4)c3)cc(-c3cccc(C(C)(C)C)c3)c2)c1. The number of hydrogen-bond acceptors (Lipinski definition) is 2. The van der Waals surface area contributed by atoms with Crippen molar-refractivity contribution in [3.63, 3.8) is 0 Å². The van der Waals surface area contributed by atoms with Gasteiger partial charge in [0.05, 0.1) is 11.2 Å². The second kappa shape index (κ2) is 12.0. The first-order chi connectivity index (χ1) is 22.0. The lowest BCUT2D eigenvalue weighted by Gasteiger charge is -2.32. The van der Waals surface area contributed by atoms with Crippen LogP contribution in [0.25, 0.3) is 44.5 Å². The van der Waals surface area contributed by atoms with Gasteiger partial charge in [0.25, 0.3) is 0 Å². The smallest absolute Gasteiger partial charge is 0.399 e. The maximum atomic E-state index is 6.38. The highest BCUT2D eigenvalue weighted by atomic mass is 16.7. The molecule has 1 fully saturated rings. The van der Waals surface area contributed by atoms with Crippen molar-refractivity contribution in [1.29, 1.82) is 0 Å². The zero-order chi connectivity index (χ0) is 33.8. The third kappa shape index (κ3) is 6.89. The molecule has 0 N–H and O–H groups in total. The van der Waals surface area contributed by atoms with Crippen LogP contribution in [0.3, 0.4) is 0 Å². The first kappa shape index (κ1) is 33.0. The molecule has 5 aromatic carbocycles. The molecule has 0 spiro atoms. The van der Waals surface area contributed by atoms with Gasteiger partial charge in [0.15, 0.2) is 0 Å². The molecule has 240 valence electrons. The summed E-state index contributed by atoms with van der Waals surface area (Å²) in [5.74, 6) is 0. The molecule has 3 heteroatoms. The summed E-state index contributed by atoms with van der Waals surface area (Å²) in [5.41, 5.74) is 12.7. The van der Waals surface area contributed by atoms with Crippen LogP contribution in [-0.4, -0.2) is 18.3 Å². The average Bonchev–Trinajstić information content (AvgIpc) is 3.26. The number of rotatable bonds is 5. The lowest BCUT2D eigenvalue weighted by molar-refractivity contribution is 0.00578. The molecule has 0 saturated carbocycles. The molecular formula is C44H49BO2. The first-order valence-corrected chi connectivity index (χ1v) is 16.9. The van der Waals surface area contributed by atoms with Gasteiger partial charge in [-0.05, 0) is 124 Å². The second-order valence-electron chi connectivity index (χ2n) is 16.3. The van der Waals surface area contributed by atoms with Gasteiger partial charge in [0, 0.05) is 0 Å². The van der Waals surface area contributed by atoms with E-state index in [1.807, 2.05) is 0 Å². The minimum Gasteiger partial charge on any atom is -0.399 e. The lowest BCUT2D eigenvalue weighted by atomic mass is 9.78. The van der Waals surface area contributed by atoms with Crippen LogP contribution in [0.4, 0.5) is 0 Å². The van der Waals surface area contributed by atoms with Gasteiger partial charge in [0.1, 0.15) is 0 Å². The summed E-state index contributed by atoms with van der Waals surface area (Å²) in [6.45, 7) is 22.1. The highest BCUT2D eigenvalue weighted by molar-refractivity contribution is 6.62. The molecule has 6 rings (SSSR count). The fraction of sp³-hybridized carbons (Fsp3) is 0.318. The highest BCUT2D eigenvalue weighted by Crippen LogP contribution is 2.38. The van der Waals surface area contributed by atoms with E-state index in [-0.39, 0.29) is 22.0 Å². The van der Waals surface area contributed by atoms with Crippen LogP contribution in [0.1, 0.15) is 80.4 Å². The van der Waals surface area contributed by atoms with Gasteiger partial charge >= 0.3 is 7.12 Å². The third-order valence-corrected chi connectivity index (χ3v) is 10.00. The first-order valence-electron chi connectivity index (χ1n) is 16.9.